The molecule has 0 bridgehead atoms. The first kappa shape index (κ1) is 13.1. The number of nitrogens with zero attached hydrogens (tertiary/aromatic N) is 2. The van der Waals surface area contributed by atoms with Gasteiger partial charge in [-0.25, -0.2) is 4.98 Å². The van der Waals surface area contributed by atoms with Crippen molar-refractivity contribution >= 4 is 11.8 Å². The molecule has 2 rings (SSSR count). The summed E-state index contributed by atoms with van der Waals surface area (Å²) in [5, 5.41) is 6.60. The van der Waals surface area contributed by atoms with Crippen LogP contribution in [0.25, 0.3) is 0 Å². The number of ether oxygens (including phenoxy) is 1. The molecule has 1 aromatic heterocycles. The van der Waals surface area contributed by atoms with Crippen LogP contribution < -0.4 is 10.6 Å². The van der Waals surface area contributed by atoms with E-state index in [1.165, 1.54) is 0 Å². The zero-order chi connectivity index (χ0) is 12.8. The third-order valence-electron chi connectivity index (χ3n) is 3.09. The molecule has 5 nitrogen and oxygen atoms in total. The number of hydrogen-bond acceptors (Lipinski definition) is 5. The second-order valence-electron chi connectivity index (χ2n) is 4.76. The summed E-state index contributed by atoms with van der Waals surface area (Å²) >= 11 is 0. The van der Waals surface area contributed by atoms with Crippen molar-refractivity contribution in [3.63, 3.8) is 0 Å². The van der Waals surface area contributed by atoms with Gasteiger partial charge in [-0.3, -0.25) is 0 Å². The van der Waals surface area contributed by atoms with Crippen molar-refractivity contribution in [1.29, 1.82) is 0 Å². The fourth-order valence-corrected chi connectivity index (χ4v) is 1.93. The highest BCUT2D eigenvalue weighted by Gasteiger charge is 2.15. The number of anilines is 2. The van der Waals surface area contributed by atoms with Crippen LogP contribution in [0, 0.1) is 12.8 Å². The molecule has 0 aliphatic carbocycles. The average molecular weight is 250 g/mol. The quantitative estimate of drug-likeness (QED) is 0.809. The van der Waals surface area contributed by atoms with Crippen LogP contribution >= 0.6 is 0 Å². The minimum Gasteiger partial charge on any atom is -0.381 e. The average Bonchev–Trinajstić information content (AvgIpc) is 2.89. The molecule has 0 saturated carbocycles. The summed E-state index contributed by atoms with van der Waals surface area (Å²) < 4.78 is 5.37. The van der Waals surface area contributed by atoms with Crippen LogP contribution in [0.3, 0.4) is 0 Å². The van der Waals surface area contributed by atoms with Crippen molar-refractivity contribution < 1.29 is 4.74 Å². The highest BCUT2D eigenvalue weighted by Crippen LogP contribution is 2.16. The summed E-state index contributed by atoms with van der Waals surface area (Å²) in [7, 11) is 0. The summed E-state index contributed by atoms with van der Waals surface area (Å²) in [6.07, 6.45) is 4.07. The van der Waals surface area contributed by atoms with E-state index in [0.29, 0.717) is 11.9 Å². The van der Waals surface area contributed by atoms with Crippen molar-refractivity contribution in [3.05, 3.63) is 11.8 Å². The molecule has 18 heavy (non-hydrogen) atoms. The largest absolute Gasteiger partial charge is 0.381 e. The van der Waals surface area contributed by atoms with E-state index in [1.807, 2.05) is 13.1 Å². The van der Waals surface area contributed by atoms with Crippen molar-refractivity contribution in [3.8, 4) is 0 Å². The molecule has 2 N–H and O–H groups in total. The minimum atomic E-state index is 0.603. The van der Waals surface area contributed by atoms with Gasteiger partial charge < -0.3 is 15.4 Å². The van der Waals surface area contributed by atoms with Gasteiger partial charge in [0.2, 0.25) is 5.95 Å². The van der Waals surface area contributed by atoms with Gasteiger partial charge in [0, 0.05) is 37.4 Å². The van der Waals surface area contributed by atoms with Crippen molar-refractivity contribution in [2.75, 3.05) is 36.9 Å². The van der Waals surface area contributed by atoms with Gasteiger partial charge in [0.25, 0.3) is 0 Å². The molecule has 1 atom stereocenters. The van der Waals surface area contributed by atoms with Gasteiger partial charge in [0.05, 0.1) is 6.61 Å². The maximum atomic E-state index is 5.37. The van der Waals surface area contributed by atoms with E-state index < -0.39 is 0 Å². The Kier molecular flexibility index (Phi) is 4.75. The Hall–Kier alpha value is -1.36. The van der Waals surface area contributed by atoms with Crippen molar-refractivity contribution in [2.24, 2.45) is 5.92 Å². The van der Waals surface area contributed by atoms with Gasteiger partial charge in [-0.2, -0.15) is 4.98 Å². The number of nitrogens with one attached hydrogen (secondary N) is 2. The molecule has 0 radical (unpaired) electrons. The van der Waals surface area contributed by atoms with Crippen LogP contribution in [0.5, 0.6) is 0 Å². The molecule has 0 aromatic carbocycles. The molecule has 0 spiro atoms. The Balaban J connectivity index is 1.92. The molecule has 1 saturated heterocycles. The lowest BCUT2D eigenvalue weighted by Crippen LogP contribution is -2.16. The molecule has 1 aliphatic heterocycles. The predicted octanol–water partition coefficient (Wildman–Crippen LogP) is 2.06. The molecular formula is C13H22N4O. The summed E-state index contributed by atoms with van der Waals surface area (Å²) in [6.45, 7) is 7.72. The van der Waals surface area contributed by atoms with E-state index in [9.17, 15) is 0 Å². The van der Waals surface area contributed by atoms with Crippen LogP contribution in [0.15, 0.2) is 6.20 Å². The van der Waals surface area contributed by atoms with Gasteiger partial charge in [-0.05, 0) is 19.8 Å². The maximum Gasteiger partial charge on any atom is 0.224 e. The first-order valence-corrected chi connectivity index (χ1v) is 6.68. The van der Waals surface area contributed by atoms with E-state index in [-0.39, 0.29) is 0 Å². The number of rotatable bonds is 6. The van der Waals surface area contributed by atoms with Crippen molar-refractivity contribution in [2.45, 2.75) is 26.7 Å². The third kappa shape index (κ3) is 3.57. The second kappa shape index (κ2) is 6.54. The van der Waals surface area contributed by atoms with Gasteiger partial charge in [0.1, 0.15) is 5.82 Å². The maximum absolute atomic E-state index is 5.37. The Morgan fingerprint density at radius 1 is 1.44 bits per heavy atom. The summed E-state index contributed by atoms with van der Waals surface area (Å²) in [5.74, 6) is 2.23. The predicted molar refractivity (Wildman–Crippen MR) is 73.0 cm³/mol. The SMILES string of the molecule is CCCNc1ncc(C)c(NCC2CCOC2)n1. The van der Waals surface area contributed by atoms with E-state index >= 15 is 0 Å². The first-order chi connectivity index (χ1) is 8.79. The zero-order valence-corrected chi connectivity index (χ0v) is 11.2. The van der Waals surface area contributed by atoms with Gasteiger partial charge in [0.15, 0.2) is 0 Å². The summed E-state index contributed by atoms with van der Waals surface area (Å²) in [6, 6.07) is 0. The Morgan fingerprint density at radius 3 is 3.06 bits per heavy atom. The molecule has 1 unspecified atom stereocenters. The Bertz CT molecular complexity index is 377. The number of hydrogen-bond donors (Lipinski definition) is 2. The van der Waals surface area contributed by atoms with E-state index in [2.05, 4.69) is 27.5 Å². The summed E-state index contributed by atoms with van der Waals surface area (Å²) in [5.41, 5.74) is 1.08. The van der Waals surface area contributed by atoms with Crippen LogP contribution in [0.4, 0.5) is 11.8 Å². The lowest BCUT2D eigenvalue weighted by atomic mass is 10.1. The molecule has 2 heterocycles. The van der Waals surface area contributed by atoms with Crippen LogP contribution in [-0.2, 0) is 4.74 Å². The summed E-state index contributed by atoms with van der Waals surface area (Å²) in [4.78, 5) is 8.77. The lowest BCUT2D eigenvalue weighted by Gasteiger charge is -2.13. The smallest absolute Gasteiger partial charge is 0.224 e. The normalized spacial score (nSPS) is 18.9. The minimum absolute atomic E-state index is 0.603. The second-order valence-corrected chi connectivity index (χ2v) is 4.76. The zero-order valence-electron chi connectivity index (χ0n) is 11.2. The molecule has 1 aliphatic rings. The fourth-order valence-electron chi connectivity index (χ4n) is 1.93. The molecule has 0 amide bonds. The van der Waals surface area contributed by atoms with Crippen molar-refractivity contribution in [1.82, 2.24) is 9.97 Å². The molecular weight excluding hydrogens is 228 g/mol. The standard InChI is InChI=1S/C13H22N4O/c1-3-5-14-13-16-7-10(2)12(17-13)15-8-11-4-6-18-9-11/h7,11H,3-6,8-9H2,1-2H3,(H2,14,15,16,17). The number of aromatic nitrogens is 2. The Labute approximate surface area is 108 Å². The monoisotopic (exact) mass is 250 g/mol. The third-order valence-corrected chi connectivity index (χ3v) is 3.09. The van der Waals surface area contributed by atoms with Crippen LogP contribution in [0.2, 0.25) is 0 Å². The number of aryl methyl sites for hydroxylation is 1. The van der Waals surface area contributed by atoms with Gasteiger partial charge >= 0.3 is 0 Å². The van der Waals surface area contributed by atoms with E-state index in [4.69, 9.17) is 4.74 Å². The van der Waals surface area contributed by atoms with E-state index in [0.717, 1.165) is 50.5 Å². The van der Waals surface area contributed by atoms with Crippen LogP contribution in [0.1, 0.15) is 25.3 Å². The topological polar surface area (TPSA) is 59.1 Å². The molecule has 100 valence electrons. The highest BCUT2D eigenvalue weighted by molar-refractivity contribution is 5.46. The Morgan fingerprint density at radius 2 is 2.33 bits per heavy atom. The first-order valence-electron chi connectivity index (χ1n) is 6.68. The van der Waals surface area contributed by atoms with Gasteiger partial charge in [-0.15, -0.1) is 0 Å². The van der Waals surface area contributed by atoms with Crippen LogP contribution in [-0.4, -0.2) is 36.3 Å². The molecule has 1 fully saturated rings. The lowest BCUT2D eigenvalue weighted by molar-refractivity contribution is 0.187. The fraction of sp³-hybridized carbons (Fsp3) is 0.692. The molecule has 1 aromatic rings. The van der Waals surface area contributed by atoms with Gasteiger partial charge in [-0.1, -0.05) is 6.92 Å². The highest BCUT2D eigenvalue weighted by atomic mass is 16.5. The molecule has 5 heteroatoms. The van der Waals surface area contributed by atoms with E-state index in [1.54, 1.807) is 0 Å².